The van der Waals surface area contributed by atoms with E-state index in [0.717, 1.165) is 32.1 Å². The smallest absolute Gasteiger partial charge is 0.311 e. The first-order valence-corrected chi connectivity index (χ1v) is 16.1. The zero-order valence-corrected chi connectivity index (χ0v) is 25.7. The van der Waals surface area contributed by atoms with Crippen molar-refractivity contribution in [1.29, 1.82) is 0 Å². The molecule has 0 fully saturated rings. The lowest BCUT2D eigenvalue weighted by atomic mass is 9.98. The van der Waals surface area contributed by atoms with Gasteiger partial charge in [-0.05, 0) is 50.2 Å². The van der Waals surface area contributed by atoms with E-state index in [1.165, 1.54) is 70.6 Å². The molecule has 0 heterocycles. The second-order valence-corrected chi connectivity index (χ2v) is 11.5. The van der Waals surface area contributed by atoms with E-state index in [9.17, 15) is 9.59 Å². The van der Waals surface area contributed by atoms with Gasteiger partial charge in [-0.1, -0.05) is 110 Å². The number of carbonyl (C=O) groups is 2. The van der Waals surface area contributed by atoms with Crippen molar-refractivity contribution in [2.24, 2.45) is 11.8 Å². The highest BCUT2D eigenvalue weighted by atomic mass is 16.6. The molecule has 39 heavy (non-hydrogen) atoms. The lowest BCUT2D eigenvalue weighted by molar-refractivity contribution is -0.139. The molecule has 1 amide bonds. The molecule has 0 aromatic rings. The van der Waals surface area contributed by atoms with E-state index < -0.39 is 0 Å². The van der Waals surface area contributed by atoms with E-state index in [0.29, 0.717) is 43.2 Å². The molecule has 0 aromatic heterocycles. The molecule has 1 unspecified atom stereocenters. The summed E-state index contributed by atoms with van der Waals surface area (Å²) < 4.78 is 11.1. The number of carbonyl (C=O) groups excluding carboxylic acids is 2. The van der Waals surface area contributed by atoms with E-state index in [4.69, 9.17) is 9.47 Å². The SMILES string of the molecule is CCCCCCCCCCCCCCCC(=O)OC1=CCC(CNC(=O)CCCC/C=C/C(C)C)C=C1OC. The van der Waals surface area contributed by atoms with Gasteiger partial charge < -0.3 is 14.8 Å². The first-order valence-electron chi connectivity index (χ1n) is 16.1. The minimum atomic E-state index is -0.192. The number of unbranched alkanes of at least 4 members (excludes halogenated alkanes) is 14. The molecule has 1 N–H and O–H groups in total. The Labute approximate surface area is 240 Å². The Morgan fingerprint density at radius 2 is 1.46 bits per heavy atom. The summed E-state index contributed by atoms with van der Waals surface area (Å²) in [5.41, 5.74) is 0. The quantitative estimate of drug-likeness (QED) is 0.0745. The van der Waals surface area contributed by atoms with Crippen molar-refractivity contribution in [2.45, 2.75) is 143 Å². The van der Waals surface area contributed by atoms with Crippen LogP contribution in [-0.4, -0.2) is 25.5 Å². The number of allylic oxidation sites excluding steroid dienone is 3. The van der Waals surface area contributed by atoms with Gasteiger partial charge in [0.15, 0.2) is 11.5 Å². The predicted octanol–water partition coefficient (Wildman–Crippen LogP) is 9.33. The third-order valence-corrected chi connectivity index (χ3v) is 7.27. The zero-order valence-electron chi connectivity index (χ0n) is 25.7. The molecular formula is C34H59NO4. The van der Waals surface area contributed by atoms with Crippen molar-refractivity contribution in [3.63, 3.8) is 0 Å². The van der Waals surface area contributed by atoms with Crippen LogP contribution >= 0.6 is 0 Å². The maximum absolute atomic E-state index is 12.4. The third kappa shape index (κ3) is 19.6. The second kappa shape index (κ2) is 23.8. The van der Waals surface area contributed by atoms with Crippen LogP contribution in [0.1, 0.15) is 143 Å². The fourth-order valence-electron chi connectivity index (χ4n) is 4.84. The summed E-state index contributed by atoms with van der Waals surface area (Å²) in [7, 11) is 1.59. The summed E-state index contributed by atoms with van der Waals surface area (Å²) in [4.78, 5) is 24.6. The Balaban J connectivity index is 2.12. The molecule has 0 radical (unpaired) electrons. The highest BCUT2D eigenvalue weighted by Gasteiger charge is 2.20. The summed E-state index contributed by atoms with van der Waals surface area (Å²) >= 11 is 0. The molecule has 5 nitrogen and oxygen atoms in total. The Bertz CT molecular complexity index is 737. The molecule has 0 aromatic carbocycles. The van der Waals surface area contributed by atoms with Crippen LogP contribution in [-0.2, 0) is 19.1 Å². The third-order valence-electron chi connectivity index (χ3n) is 7.27. The van der Waals surface area contributed by atoms with Crippen LogP contribution in [0.25, 0.3) is 0 Å². The predicted molar refractivity (Wildman–Crippen MR) is 163 cm³/mol. The number of methoxy groups -OCH3 is 1. The van der Waals surface area contributed by atoms with Gasteiger partial charge in [0.2, 0.25) is 5.91 Å². The maximum atomic E-state index is 12.4. The van der Waals surface area contributed by atoms with Gasteiger partial charge in [0.05, 0.1) is 7.11 Å². The van der Waals surface area contributed by atoms with Crippen molar-refractivity contribution >= 4 is 11.9 Å². The van der Waals surface area contributed by atoms with E-state index in [2.05, 4.69) is 38.2 Å². The summed E-state index contributed by atoms with van der Waals surface area (Å²) in [6, 6.07) is 0. The fraction of sp³-hybridized carbons (Fsp3) is 0.765. The summed E-state index contributed by atoms with van der Waals surface area (Å²) in [5.74, 6) is 1.71. The minimum absolute atomic E-state index is 0.0919. The molecule has 0 aliphatic heterocycles. The normalized spacial score (nSPS) is 15.4. The molecule has 0 bridgehead atoms. The van der Waals surface area contributed by atoms with Gasteiger partial charge in [0.25, 0.3) is 0 Å². The van der Waals surface area contributed by atoms with Gasteiger partial charge >= 0.3 is 5.97 Å². The monoisotopic (exact) mass is 545 g/mol. The van der Waals surface area contributed by atoms with Crippen molar-refractivity contribution < 1.29 is 19.1 Å². The van der Waals surface area contributed by atoms with Crippen LogP contribution in [0, 0.1) is 11.8 Å². The Morgan fingerprint density at radius 3 is 2.05 bits per heavy atom. The van der Waals surface area contributed by atoms with Gasteiger partial charge in [0.1, 0.15) is 0 Å². The maximum Gasteiger partial charge on any atom is 0.311 e. The minimum Gasteiger partial charge on any atom is -0.493 e. The second-order valence-electron chi connectivity index (χ2n) is 11.5. The zero-order chi connectivity index (χ0) is 28.6. The van der Waals surface area contributed by atoms with Crippen LogP contribution < -0.4 is 5.32 Å². The van der Waals surface area contributed by atoms with Crippen molar-refractivity contribution in [3.8, 4) is 0 Å². The average molecular weight is 546 g/mol. The number of hydrogen-bond donors (Lipinski definition) is 1. The summed E-state index contributed by atoms with van der Waals surface area (Å²) in [6.07, 6.45) is 29.7. The van der Waals surface area contributed by atoms with Gasteiger partial charge in [-0.15, -0.1) is 0 Å². The number of rotatable bonds is 24. The molecule has 1 aliphatic carbocycles. The van der Waals surface area contributed by atoms with E-state index >= 15 is 0 Å². The van der Waals surface area contributed by atoms with Crippen molar-refractivity contribution in [1.82, 2.24) is 5.32 Å². The molecule has 1 atom stereocenters. The highest BCUT2D eigenvalue weighted by molar-refractivity contribution is 5.75. The van der Waals surface area contributed by atoms with Gasteiger partial charge in [0, 0.05) is 25.3 Å². The average Bonchev–Trinajstić information content (AvgIpc) is 2.92. The summed E-state index contributed by atoms with van der Waals surface area (Å²) in [6.45, 7) is 7.17. The van der Waals surface area contributed by atoms with Crippen molar-refractivity contribution in [2.75, 3.05) is 13.7 Å². The van der Waals surface area contributed by atoms with Crippen LogP contribution in [0.4, 0.5) is 0 Å². The number of hydrogen-bond acceptors (Lipinski definition) is 4. The molecule has 0 saturated heterocycles. The molecule has 1 aliphatic rings. The first-order chi connectivity index (χ1) is 19.0. The van der Waals surface area contributed by atoms with Crippen LogP contribution in [0.2, 0.25) is 0 Å². The molecule has 224 valence electrons. The van der Waals surface area contributed by atoms with Crippen LogP contribution in [0.15, 0.2) is 35.8 Å². The van der Waals surface area contributed by atoms with Gasteiger partial charge in [-0.2, -0.15) is 0 Å². The van der Waals surface area contributed by atoms with Gasteiger partial charge in [-0.3, -0.25) is 9.59 Å². The van der Waals surface area contributed by atoms with E-state index in [1.807, 2.05) is 12.2 Å². The van der Waals surface area contributed by atoms with Crippen LogP contribution in [0.3, 0.4) is 0 Å². The molecule has 0 spiro atoms. The highest BCUT2D eigenvalue weighted by Crippen LogP contribution is 2.25. The number of esters is 1. The lowest BCUT2D eigenvalue weighted by Gasteiger charge is -2.21. The first kappa shape index (κ1) is 35.0. The van der Waals surface area contributed by atoms with Gasteiger partial charge in [-0.25, -0.2) is 0 Å². The Morgan fingerprint density at radius 1 is 0.872 bits per heavy atom. The van der Waals surface area contributed by atoms with Crippen molar-refractivity contribution in [3.05, 3.63) is 35.8 Å². The van der Waals surface area contributed by atoms with E-state index in [1.54, 1.807) is 7.11 Å². The lowest BCUT2D eigenvalue weighted by Crippen LogP contribution is -2.29. The fourth-order valence-corrected chi connectivity index (χ4v) is 4.84. The molecular weight excluding hydrogens is 486 g/mol. The number of nitrogens with one attached hydrogen (secondary N) is 1. The van der Waals surface area contributed by atoms with E-state index in [-0.39, 0.29) is 17.8 Å². The topological polar surface area (TPSA) is 64.6 Å². The Kier molecular flexibility index (Phi) is 21.4. The molecule has 5 heteroatoms. The number of ether oxygens (including phenoxy) is 2. The summed E-state index contributed by atoms with van der Waals surface area (Å²) in [5, 5.41) is 3.04. The molecule has 1 rings (SSSR count). The van der Waals surface area contributed by atoms with Crippen LogP contribution in [0.5, 0.6) is 0 Å². The number of amides is 1. The largest absolute Gasteiger partial charge is 0.493 e. The molecule has 0 saturated carbocycles. The Hall–Kier alpha value is -2.04. The standard InChI is InChI=1S/C34H59NO4/c1-5-6-7-8-9-10-11-12-13-14-15-16-21-24-34(37)39-31-26-25-30(27-32(31)38-4)28-35-33(36)23-20-18-17-19-22-29(2)3/h19,22,26-27,29-30H,5-18,20-21,23-25,28H2,1-4H3,(H,35,36)/b22-19+.